The van der Waals surface area contributed by atoms with E-state index in [1.165, 1.54) is 7.11 Å². The molecule has 0 atom stereocenters. The molecule has 0 unspecified atom stereocenters. The lowest BCUT2D eigenvalue weighted by atomic mass is 9.98. The summed E-state index contributed by atoms with van der Waals surface area (Å²) < 4.78 is 48.6. The summed E-state index contributed by atoms with van der Waals surface area (Å²) in [5, 5.41) is 4.37. The van der Waals surface area contributed by atoms with E-state index in [1.54, 1.807) is 54.6 Å². The third kappa shape index (κ3) is 4.42. The highest BCUT2D eigenvalue weighted by Crippen LogP contribution is 2.39. The molecule has 3 aromatic rings. The summed E-state index contributed by atoms with van der Waals surface area (Å²) in [5.74, 6) is 0.553. The molecular weight excluding hydrogens is 377 g/mol. The summed E-state index contributed by atoms with van der Waals surface area (Å²) in [4.78, 5) is 0. The first-order valence-electron chi connectivity index (χ1n) is 9.01. The van der Waals surface area contributed by atoms with Gasteiger partial charge in [0.05, 0.1) is 18.5 Å². The summed E-state index contributed by atoms with van der Waals surface area (Å²) >= 11 is 0. The molecule has 0 aliphatic heterocycles. The Balaban J connectivity index is 2.25. The van der Waals surface area contributed by atoms with Gasteiger partial charge < -0.3 is 4.74 Å². The molecule has 0 amide bonds. The third-order valence-electron chi connectivity index (χ3n) is 4.48. The van der Waals surface area contributed by atoms with Gasteiger partial charge in [0.25, 0.3) is 0 Å². The zero-order valence-corrected chi connectivity index (χ0v) is 16.0. The van der Waals surface area contributed by atoms with E-state index >= 15 is 0 Å². The molecule has 3 rings (SSSR count). The van der Waals surface area contributed by atoms with Gasteiger partial charge in [0.15, 0.2) is 5.69 Å². The highest BCUT2D eigenvalue weighted by atomic mass is 19.4. The van der Waals surface area contributed by atoms with Crippen LogP contribution in [-0.2, 0) is 12.6 Å². The Morgan fingerprint density at radius 3 is 2.31 bits per heavy atom. The van der Waals surface area contributed by atoms with Crippen LogP contribution in [0.4, 0.5) is 13.2 Å². The first-order chi connectivity index (χ1) is 13.8. The average Bonchev–Trinajstić information content (AvgIpc) is 3.08. The lowest BCUT2D eigenvalue weighted by Crippen LogP contribution is -2.15. The maximum absolute atomic E-state index is 14.2. The standard InChI is InChI=1S/C23H21F3N2O/c1-4-8-16(2)15-20-21(17-9-6-5-7-10-17)27-28(22(20)23(24,25)26)18-11-13-19(29-3)14-12-18/h4-7,9-14H,1-2,8,15H2,3H3. The Morgan fingerprint density at radius 1 is 1.10 bits per heavy atom. The van der Waals surface area contributed by atoms with Gasteiger partial charge in [0, 0.05) is 11.1 Å². The zero-order valence-electron chi connectivity index (χ0n) is 16.0. The Labute approximate surface area is 167 Å². The van der Waals surface area contributed by atoms with Crippen molar-refractivity contribution in [3.63, 3.8) is 0 Å². The van der Waals surface area contributed by atoms with Crippen molar-refractivity contribution >= 4 is 0 Å². The first-order valence-corrected chi connectivity index (χ1v) is 9.01. The van der Waals surface area contributed by atoms with Crippen LogP contribution in [0.5, 0.6) is 5.75 Å². The fraction of sp³-hybridized carbons (Fsp3) is 0.174. The molecule has 0 aliphatic rings. The molecule has 0 radical (unpaired) electrons. The zero-order chi connectivity index (χ0) is 21.0. The van der Waals surface area contributed by atoms with E-state index in [1.807, 2.05) is 6.07 Å². The van der Waals surface area contributed by atoms with Crippen LogP contribution in [0.2, 0.25) is 0 Å². The topological polar surface area (TPSA) is 27.1 Å². The first kappa shape index (κ1) is 20.5. The van der Waals surface area contributed by atoms with Crippen LogP contribution in [-0.4, -0.2) is 16.9 Å². The lowest BCUT2D eigenvalue weighted by molar-refractivity contribution is -0.143. The van der Waals surface area contributed by atoms with Gasteiger partial charge in [-0.15, -0.1) is 6.58 Å². The third-order valence-corrected chi connectivity index (χ3v) is 4.48. The SMILES string of the molecule is C=CCC(=C)Cc1c(-c2ccccc2)nn(-c2ccc(OC)cc2)c1C(F)(F)F. The van der Waals surface area contributed by atoms with Crippen LogP contribution in [0.1, 0.15) is 17.7 Å². The maximum atomic E-state index is 14.2. The Bertz CT molecular complexity index is 1000. The monoisotopic (exact) mass is 398 g/mol. The van der Waals surface area contributed by atoms with Crippen molar-refractivity contribution in [2.45, 2.75) is 19.0 Å². The fourth-order valence-corrected chi connectivity index (χ4v) is 3.17. The van der Waals surface area contributed by atoms with Crippen LogP contribution in [0.25, 0.3) is 16.9 Å². The van der Waals surface area contributed by atoms with Crippen LogP contribution < -0.4 is 4.74 Å². The van der Waals surface area contributed by atoms with Gasteiger partial charge in [0.2, 0.25) is 0 Å². The summed E-state index contributed by atoms with van der Waals surface area (Å²) in [6.45, 7) is 7.56. The van der Waals surface area contributed by atoms with Crippen LogP contribution in [0.15, 0.2) is 79.4 Å². The van der Waals surface area contributed by atoms with Crippen molar-refractivity contribution in [2.75, 3.05) is 7.11 Å². The van der Waals surface area contributed by atoms with Gasteiger partial charge in [0.1, 0.15) is 5.75 Å². The maximum Gasteiger partial charge on any atom is 0.433 e. The summed E-state index contributed by atoms with van der Waals surface area (Å²) in [5.41, 5.74) is 1.15. The molecule has 0 bridgehead atoms. The van der Waals surface area contributed by atoms with E-state index in [-0.39, 0.29) is 12.0 Å². The second kappa shape index (κ2) is 8.39. The number of hydrogen-bond acceptors (Lipinski definition) is 2. The van der Waals surface area contributed by atoms with E-state index in [4.69, 9.17) is 4.74 Å². The molecule has 3 nitrogen and oxygen atoms in total. The van der Waals surface area contributed by atoms with Gasteiger partial charge in [-0.05, 0) is 37.1 Å². The number of ether oxygens (including phenoxy) is 1. The molecule has 0 N–H and O–H groups in total. The molecule has 2 aromatic carbocycles. The second-order valence-electron chi connectivity index (χ2n) is 6.57. The number of alkyl halides is 3. The molecule has 0 aliphatic carbocycles. The normalized spacial score (nSPS) is 11.3. The molecule has 0 spiro atoms. The molecule has 0 saturated heterocycles. The predicted octanol–water partition coefficient (Wildman–Crippen LogP) is 6.24. The minimum atomic E-state index is -4.59. The molecule has 29 heavy (non-hydrogen) atoms. The number of halogens is 3. The van der Waals surface area contributed by atoms with Crippen molar-refractivity contribution in [1.29, 1.82) is 0 Å². The predicted molar refractivity (Wildman–Crippen MR) is 108 cm³/mol. The summed E-state index contributed by atoms with van der Waals surface area (Å²) in [6, 6.07) is 15.2. The van der Waals surface area contributed by atoms with Gasteiger partial charge in [-0.2, -0.15) is 18.3 Å². The van der Waals surface area contributed by atoms with Gasteiger partial charge >= 0.3 is 6.18 Å². The smallest absolute Gasteiger partial charge is 0.433 e. The quantitative estimate of drug-likeness (QED) is 0.441. The van der Waals surface area contributed by atoms with Gasteiger partial charge in [-0.1, -0.05) is 48.6 Å². The van der Waals surface area contributed by atoms with Crippen molar-refractivity contribution in [3.8, 4) is 22.7 Å². The van der Waals surface area contributed by atoms with E-state index in [2.05, 4.69) is 18.3 Å². The van der Waals surface area contributed by atoms with Crippen LogP contribution >= 0.6 is 0 Å². The Morgan fingerprint density at radius 2 is 1.76 bits per heavy atom. The van der Waals surface area contributed by atoms with Gasteiger partial charge in [-0.25, -0.2) is 4.68 Å². The fourth-order valence-electron chi connectivity index (χ4n) is 3.17. The van der Waals surface area contributed by atoms with E-state index in [0.717, 1.165) is 4.68 Å². The number of allylic oxidation sites excluding steroid dienone is 2. The number of nitrogens with zero attached hydrogens (tertiary/aromatic N) is 2. The molecular formula is C23H21F3N2O. The summed E-state index contributed by atoms with van der Waals surface area (Å²) in [6.07, 6.45) is -2.48. The Kier molecular flexibility index (Phi) is 5.92. The van der Waals surface area contributed by atoms with Crippen molar-refractivity contribution < 1.29 is 17.9 Å². The van der Waals surface area contributed by atoms with E-state index < -0.39 is 11.9 Å². The highest BCUT2D eigenvalue weighted by Gasteiger charge is 2.40. The number of methoxy groups -OCH3 is 1. The number of benzene rings is 2. The lowest BCUT2D eigenvalue weighted by Gasteiger charge is -2.14. The Hall–Kier alpha value is -3.28. The molecule has 0 fully saturated rings. The summed E-state index contributed by atoms with van der Waals surface area (Å²) in [7, 11) is 1.50. The van der Waals surface area contributed by atoms with E-state index in [0.29, 0.717) is 34.7 Å². The minimum absolute atomic E-state index is 0.0568. The van der Waals surface area contributed by atoms with Crippen molar-refractivity contribution in [2.24, 2.45) is 0 Å². The minimum Gasteiger partial charge on any atom is -0.497 e. The van der Waals surface area contributed by atoms with Gasteiger partial charge in [-0.3, -0.25) is 0 Å². The molecule has 0 saturated carbocycles. The number of aromatic nitrogens is 2. The van der Waals surface area contributed by atoms with Crippen molar-refractivity contribution in [3.05, 3.63) is 90.7 Å². The number of rotatable bonds is 7. The largest absolute Gasteiger partial charge is 0.497 e. The highest BCUT2D eigenvalue weighted by molar-refractivity contribution is 5.66. The molecule has 1 heterocycles. The van der Waals surface area contributed by atoms with Crippen LogP contribution in [0.3, 0.4) is 0 Å². The van der Waals surface area contributed by atoms with E-state index in [9.17, 15) is 13.2 Å². The molecule has 6 heteroatoms. The molecule has 150 valence electrons. The second-order valence-corrected chi connectivity index (χ2v) is 6.57. The molecule has 1 aromatic heterocycles. The van der Waals surface area contributed by atoms with Crippen molar-refractivity contribution in [1.82, 2.24) is 9.78 Å². The van der Waals surface area contributed by atoms with Crippen LogP contribution in [0, 0.1) is 0 Å². The average molecular weight is 398 g/mol. The number of hydrogen-bond donors (Lipinski definition) is 0.